The maximum Gasteiger partial charge on any atom is 0.251 e. The maximum absolute atomic E-state index is 12.1. The lowest BCUT2D eigenvalue weighted by atomic mass is 10.1. The zero-order chi connectivity index (χ0) is 14.5. The van der Waals surface area contributed by atoms with Gasteiger partial charge in [-0.2, -0.15) is 0 Å². The number of carbonyl (C=O) groups excluding carboxylic acids is 1. The fourth-order valence-corrected chi connectivity index (χ4v) is 2.41. The van der Waals surface area contributed by atoms with Crippen molar-refractivity contribution in [1.82, 2.24) is 5.32 Å². The van der Waals surface area contributed by atoms with E-state index in [2.05, 4.69) is 21.2 Å². The van der Waals surface area contributed by atoms with E-state index in [1.165, 1.54) is 0 Å². The molecule has 0 aliphatic carbocycles. The highest BCUT2D eigenvalue weighted by Gasteiger charge is 2.09. The van der Waals surface area contributed by atoms with E-state index < -0.39 is 0 Å². The molecule has 0 unspecified atom stereocenters. The average molecular weight is 353 g/mol. The lowest BCUT2D eigenvalue weighted by Gasteiger charge is -2.09. The van der Waals surface area contributed by atoms with Crippen LogP contribution in [0.25, 0.3) is 0 Å². The summed E-state index contributed by atoms with van der Waals surface area (Å²) in [5.74, 6) is -0.0437. The predicted molar refractivity (Wildman–Crippen MR) is 86.4 cm³/mol. The topological polar surface area (TPSA) is 29.1 Å². The van der Waals surface area contributed by atoms with Crippen LogP contribution in [0.4, 0.5) is 0 Å². The number of halogens is 2. The molecule has 0 aromatic heterocycles. The molecule has 2 nitrogen and oxygen atoms in total. The number of amides is 1. The second kappa shape index (κ2) is 6.91. The molecule has 2 aromatic rings. The minimum atomic E-state index is -0.0437. The molecule has 0 bridgehead atoms. The van der Waals surface area contributed by atoms with Crippen molar-refractivity contribution in [1.29, 1.82) is 0 Å². The normalized spacial score (nSPS) is 10.3. The van der Waals surface area contributed by atoms with Crippen LogP contribution in [0.5, 0.6) is 0 Å². The molecule has 0 saturated carbocycles. The molecule has 2 rings (SSSR count). The summed E-state index contributed by atoms with van der Waals surface area (Å²) in [6, 6.07) is 13.3. The van der Waals surface area contributed by atoms with Gasteiger partial charge in [-0.25, -0.2) is 0 Å². The van der Waals surface area contributed by atoms with Gasteiger partial charge in [0.1, 0.15) is 0 Å². The first kappa shape index (κ1) is 15.1. The van der Waals surface area contributed by atoms with E-state index in [1.807, 2.05) is 49.4 Å². The largest absolute Gasteiger partial charge is 0.352 e. The third-order valence-electron chi connectivity index (χ3n) is 3.12. The van der Waals surface area contributed by atoms with Crippen molar-refractivity contribution in [2.45, 2.75) is 13.3 Å². The van der Waals surface area contributed by atoms with Gasteiger partial charge in [0.25, 0.3) is 5.91 Å². The summed E-state index contributed by atoms with van der Waals surface area (Å²) in [6.07, 6.45) is 0.788. The Bertz CT molecular complexity index is 610. The summed E-state index contributed by atoms with van der Waals surface area (Å²) < 4.78 is 0.947. The first-order chi connectivity index (χ1) is 9.58. The van der Waals surface area contributed by atoms with Crippen molar-refractivity contribution in [3.63, 3.8) is 0 Å². The maximum atomic E-state index is 12.1. The minimum absolute atomic E-state index is 0.0437. The van der Waals surface area contributed by atoms with Gasteiger partial charge in [-0.3, -0.25) is 4.79 Å². The molecule has 104 valence electrons. The van der Waals surface area contributed by atoms with Gasteiger partial charge in [-0.15, -0.1) is 0 Å². The molecule has 0 atom stereocenters. The fraction of sp³-hybridized carbons (Fsp3) is 0.188. The fourth-order valence-electron chi connectivity index (χ4n) is 1.92. The number of hydrogen-bond donors (Lipinski definition) is 1. The van der Waals surface area contributed by atoms with Gasteiger partial charge < -0.3 is 5.32 Å². The van der Waals surface area contributed by atoms with Crippen LogP contribution in [-0.4, -0.2) is 12.5 Å². The Morgan fingerprint density at radius 2 is 1.90 bits per heavy atom. The van der Waals surface area contributed by atoms with E-state index in [1.54, 1.807) is 0 Å². The van der Waals surface area contributed by atoms with Crippen LogP contribution in [0.3, 0.4) is 0 Å². The van der Waals surface area contributed by atoms with Gasteiger partial charge in [0.2, 0.25) is 0 Å². The molecule has 1 amide bonds. The number of rotatable bonds is 4. The Kier molecular flexibility index (Phi) is 5.21. The van der Waals surface area contributed by atoms with E-state index in [-0.39, 0.29) is 5.91 Å². The van der Waals surface area contributed by atoms with Crippen LogP contribution >= 0.6 is 27.5 Å². The Morgan fingerprint density at radius 1 is 1.20 bits per heavy atom. The zero-order valence-corrected chi connectivity index (χ0v) is 13.5. The van der Waals surface area contributed by atoms with Crippen molar-refractivity contribution in [2.24, 2.45) is 0 Å². The van der Waals surface area contributed by atoms with Crippen molar-refractivity contribution in [2.75, 3.05) is 6.54 Å². The van der Waals surface area contributed by atoms with Crippen molar-refractivity contribution >= 4 is 33.4 Å². The van der Waals surface area contributed by atoms with Crippen molar-refractivity contribution < 1.29 is 4.79 Å². The van der Waals surface area contributed by atoms with Crippen LogP contribution in [0.2, 0.25) is 5.02 Å². The van der Waals surface area contributed by atoms with Crippen molar-refractivity contribution in [3.05, 3.63) is 68.7 Å². The molecule has 0 spiro atoms. The molecule has 0 saturated heterocycles. The Morgan fingerprint density at radius 3 is 2.60 bits per heavy atom. The molecule has 4 heteroatoms. The minimum Gasteiger partial charge on any atom is -0.352 e. The van der Waals surface area contributed by atoms with E-state index >= 15 is 0 Å². The lowest BCUT2D eigenvalue weighted by Crippen LogP contribution is -2.26. The highest BCUT2D eigenvalue weighted by Crippen LogP contribution is 2.19. The zero-order valence-electron chi connectivity index (χ0n) is 11.1. The first-order valence-electron chi connectivity index (χ1n) is 6.35. The van der Waals surface area contributed by atoms with Crippen LogP contribution in [0.1, 0.15) is 21.5 Å². The quantitative estimate of drug-likeness (QED) is 0.869. The number of benzene rings is 2. The highest BCUT2D eigenvalue weighted by atomic mass is 79.9. The molecular weight excluding hydrogens is 338 g/mol. The van der Waals surface area contributed by atoms with E-state index in [0.717, 1.165) is 27.0 Å². The second-order valence-electron chi connectivity index (χ2n) is 4.54. The lowest BCUT2D eigenvalue weighted by molar-refractivity contribution is 0.0953. The standard InChI is InChI=1S/C16H15BrClNO/c1-11-14(3-2-4-15(11)17)16(20)19-10-9-12-5-7-13(18)8-6-12/h2-8H,9-10H2,1H3,(H,19,20). The van der Waals surface area contributed by atoms with Gasteiger partial charge >= 0.3 is 0 Å². The first-order valence-corrected chi connectivity index (χ1v) is 7.53. The van der Waals surface area contributed by atoms with Gasteiger partial charge in [0.15, 0.2) is 0 Å². The molecule has 1 N–H and O–H groups in total. The molecule has 0 heterocycles. The van der Waals surface area contributed by atoms with Gasteiger partial charge in [-0.05, 0) is 48.7 Å². The van der Waals surface area contributed by atoms with Crippen LogP contribution in [0.15, 0.2) is 46.9 Å². The molecule has 0 aliphatic heterocycles. The smallest absolute Gasteiger partial charge is 0.251 e. The van der Waals surface area contributed by atoms with E-state index in [0.29, 0.717) is 12.1 Å². The third kappa shape index (κ3) is 3.84. The number of nitrogens with one attached hydrogen (secondary N) is 1. The summed E-state index contributed by atoms with van der Waals surface area (Å²) in [7, 11) is 0. The van der Waals surface area contributed by atoms with E-state index in [9.17, 15) is 4.79 Å². The van der Waals surface area contributed by atoms with Gasteiger partial charge in [-0.1, -0.05) is 45.7 Å². The van der Waals surface area contributed by atoms with E-state index in [4.69, 9.17) is 11.6 Å². The molecular formula is C16H15BrClNO. The Labute approximate surface area is 132 Å². The third-order valence-corrected chi connectivity index (χ3v) is 4.24. The summed E-state index contributed by atoms with van der Waals surface area (Å²) in [5, 5.41) is 3.66. The molecule has 0 radical (unpaired) electrons. The average Bonchev–Trinajstić information content (AvgIpc) is 2.44. The Balaban J connectivity index is 1.92. The summed E-state index contributed by atoms with van der Waals surface area (Å²) in [5.41, 5.74) is 2.81. The molecule has 0 aliphatic rings. The number of carbonyl (C=O) groups is 1. The summed E-state index contributed by atoms with van der Waals surface area (Å²) in [4.78, 5) is 12.1. The van der Waals surface area contributed by atoms with Gasteiger partial charge in [0, 0.05) is 21.6 Å². The van der Waals surface area contributed by atoms with Crippen LogP contribution < -0.4 is 5.32 Å². The SMILES string of the molecule is Cc1c(Br)cccc1C(=O)NCCc1ccc(Cl)cc1. The van der Waals surface area contributed by atoms with Crippen LogP contribution in [0, 0.1) is 6.92 Å². The summed E-state index contributed by atoms with van der Waals surface area (Å²) >= 11 is 9.27. The predicted octanol–water partition coefficient (Wildman–Crippen LogP) is 4.38. The molecule has 20 heavy (non-hydrogen) atoms. The number of hydrogen-bond acceptors (Lipinski definition) is 1. The monoisotopic (exact) mass is 351 g/mol. The highest BCUT2D eigenvalue weighted by molar-refractivity contribution is 9.10. The second-order valence-corrected chi connectivity index (χ2v) is 5.84. The molecule has 0 fully saturated rings. The van der Waals surface area contributed by atoms with Gasteiger partial charge in [0.05, 0.1) is 0 Å². The summed E-state index contributed by atoms with van der Waals surface area (Å²) in [6.45, 7) is 2.53. The van der Waals surface area contributed by atoms with Crippen molar-refractivity contribution in [3.8, 4) is 0 Å². The van der Waals surface area contributed by atoms with Crippen LogP contribution in [-0.2, 0) is 6.42 Å². The Hall–Kier alpha value is -1.32. The molecule has 2 aromatic carbocycles.